The molecule has 0 aliphatic carbocycles. The van der Waals surface area contributed by atoms with E-state index in [1.807, 2.05) is 49.5 Å². The predicted molar refractivity (Wildman–Crippen MR) is 96.9 cm³/mol. The van der Waals surface area contributed by atoms with Gasteiger partial charge in [-0.05, 0) is 24.1 Å². The second-order valence-electron chi connectivity index (χ2n) is 5.88. The molecule has 0 spiro atoms. The van der Waals surface area contributed by atoms with Gasteiger partial charge in [0.25, 0.3) is 5.91 Å². The molecule has 0 fully saturated rings. The van der Waals surface area contributed by atoms with Crippen molar-refractivity contribution in [2.45, 2.75) is 12.5 Å². The van der Waals surface area contributed by atoms with Gasteiger partial charge in [0.1, 0.15) is 6.33 Å². The lowest BCUT2D eigenvalue weighted by Gasteiger charge is -2.17. The summed E-state index contributed by atoms with van der Waals surface area (Å²) < 4.78 is 1.69. The van der Waals surface area contributed by atoms with E-state index in [4.69, 9.17) is 5.73 Å². The van der Waals surface area contributed by atoms with E-state index in [-0.39, 0.29) is 11.9 Å². The minimum atomic E-state index is -0.129. The van der Waals surface area contributed by atoms with Crippen LogP contribution in [0.25, 0.3) is 11.4 Å². The highest BCUT2D eigenvalue weighted by Gasteiger charge is 2.13. The van der Waals surface area contributed by atoms with Crippen molar-refractivity contribution in [2.24, 2.45) is 12.8 Å². The van der Waals surface area contributed by atoms with Crippen LogP contribution in [0.1, 0.15) is 15.9 Å². The Bertz CT molecular complexity index is 827. The van der Waals surface area contributed by atoms with Crippen molar-refractivity contribution in [1.29, 1.82) is 0 Å². The lowest BCUT2D eigenvalue weighted by molar-refractivity contribution is 0.0938. The van der Waals surface area contributed by atoms with Crippen LogP contribution in [-0.4, -0.2) is 33.3 Å². The third kappa shape index (κ3) is 4.10. The quantitative estimate of drug-likeness (QED) is 0.719. The maximum absolute atomic E-state index is 12.5. The number of aryl methyl sites for hydroxylation is 1. The summed E-state index contributed by atoms with van der Waals surface area (Å²) >= 11 is 0. The molecule has 0 unspecified atom stereocenters. The first-order valence-corrected chi connectivity index (χ1v) is 8.16. The Morgan fingerprint density at radius 3 is 2.48 bits per heavy atom. The van der Waals surface area contributed by atoms with Gasteiger partial charge in [-0.15, -0.1) is 0 Å². The molecule has 3 N–H and O–H groups in total. The van der Waals surface area contributed by atoms with Gasteiger partial charge < -0.3 is 11.1 Å². The van der Waals surface area contributed by atoms with E-state index in [1.54, 1.807) is 16.8 Å². The molecule has 3 aromatic rings. The highest BCUT2D eigenvalue weighted by molar-refractivity contribution is 5.94. The Balaban J connectivity index is 1.67. The molecule has 128 valence electrons. The maximum Gasteiger partial charge on any atom is 0.251 e. The molecule has 0 saturated carbocycles. The number of hydrogen-bond donors (Lipinski definition) is 2. The number of benzene rings is 2. The van der Waals surface area contributed by atoms with Crippen LogP contribution in [0.4, 0.5) is 0 Å². The molecular formula is C19H21N5O. The second-order valence-corrected chi connectivity index (χ2v) is 5.88. The number of nitrogens with zero attached hydrogens (tertiary/aromatic N) is 3. The first kappa shape index (κ1) is 16.9. The molecule has 3 rings (SSSR count). The Labute approximate surface area is 146 Å². The number of carbonyl (C=O) groups excluding carboxylic acids is 1. The fourth-order valence-corrected chi connectivity index (χ4v) is 2.69. The minimum absolute atomic E-state index is 0.103. The molecule has 1 heterocycles. The van der Waals surface area contributed by atoms with Crippen molar-refractivity contribution in [1.82, 2.24) is 20.1 Å². The number of nitrogens with one attached hydrogen (secondary N) is 1. The Morgan fingerprint density at radius 2 is 1.88 bits per heavy atom. The lowest BCUT2D eigenvalue weighted by atomic mass is 10.1. The first-order chi connectivity index (χ1) is 12.2. The average molecular weight is 335 g/mol. The van der Waals surface area contributed by atoms with Crippen LogP contribution >= 0.6 is 0 Å². The van der Waals surface area contributed by atoms with Crippen LogP contribution in [0.2, 0.25) is 0 Å². The number of aromatic nitrogens is 3. The molecule has 0 bridgehead atoms. The topological polar surface area (TPSA) is 85.8 Å². The normalized spacial score (nSPS) is 11.9. The van der Waals surface area contributed by atoms with Gasteiger partial charge in [-0.25, -0.2) is 9.67 Å². The molecule has 1 atom stereocenters. The Kier molecular flexibility index (Phi) is 5.20. The number of hydrogen-bond acceptors (Lipinski definition) is 4. The van der Waals surface area contributed by atoms with Gasteiger partial charge in [-0.2, -0.15) is 5.10 Å². The molecule has 1 amide bonds. The van der Waals surface area contributed by atoms with Crippen molar-refractivity contribution in [3.63, 3.8) is 0 Å². The predicted octanol–water partition coefficient (Wildman–Crippen LogP) is 1.78. The zero-order valence-electron chi connectivity index (χ0n) is 14.1. The third-order valence-electron chi connectivity index (χ3n) is 4.06. The van der Waals surface area contributed by atoms with Crippen molar-refractivity contribution >= 4 is 5.91 Å². The van der Waals surface area contributed by atoms with Crippen LogP contribution in [0.15, 0.2) is 60.9 Å². The molecule has 6 heteroatoms. The summed E-state index contributed by atoms with van der Waals surface area (Å²) in [6.07, 6.45) is 2.21. The minimum Gasteiger partial charge on any atom is -0.348 e. The molecule has 1 aromatic heterocycles. The highest BCUT2D eigenvalue weighted by Crippen LogP contribution is 2.16. The summed E-state index contributed by atoms with van der Waals surface area (Å²) in [6, 6.07) is 17.2. The zero-order valence-corrected chi connectivity index (χ0v) is 14.1. The smallest absolute Gasteiger partial charge is 0.251 e. The van der Waals surface area contributed by atoms with Crippen molar-refractivity contribution < 1.29 is 4.79 Å². The van der Waals surface area contributed by atoms with Crippen LogP contribution < -0.4 is 11.1 Å². The molecule has 25 heavy (non-hydrogen) atoms. The molecule has 0 saturated heterocycles. The second kappa shape index (κ2) is 7.72. The van der Waals surface area contributed by atoms with E-state index in [0.717, 1.165) is 17.0 Å². The van der Waals surface area contributed by atoms with Crippen molar-refractivity contribution in [2.75, 3.05) is 6.54 Å². The SMILES string of the molecule is Cn1ncnc1-c1ccc(C(=O)N[C@@H](CN)Cc2ccccc2)cc1. The fourth-order valence-electron chi connectivity index (χ4n) is 2.69. The van der Waals surface area contributed by atoms with E-state index in [0.29, 0.717) is 18.5 Å². The monoisotopic (exact) mass is 335 g/mol. The number of rotatable bonds is 6. The van der Waals surface area contributed by atoms with Crippen molar-refractivity contribution in [3.05, 3.63) is 72.1 Å². The highest BCUT2D eigenvalue weighted by atomic mass is 16.1. The van der Waals surface area contributed by atoms with Gasteiger partial charge in [0.2, 0.25) is 0 Å². The van der Waals surface area contributed by atoms with Gasteiger partial charge in [-0.3, -0.25) is 4.79 Å². The Morgan fingerprint density at radius 1 is 1.16 bits per heavy atom. The molecule has 2 aromatic carbocycles. The lowest BCUT2D eigenvalue weighted by Crippen LogP contribution is -2.41. The van der Waals surface area contributed by atoms with Crippen LogP contribution in [-0.2, 0) is 13.5 Å². The summed E-state index contributed by atoms with van der Waals surface area (Å²) in [5, 5.41) is 7.05. The molecule has 0 aliphatic heterocycles. The van der Waals surface area contributed by atoms with Gasteiger partial charge >= 0.3 is 0 Å². The van der Waals surface area contributed by atoms with E-state index >= 15 is 0 Å². The zero-order chi connectivity index (χ0) is 17.6. The summed E-state index contributed by atoms with van der Waals surface area (Å²) in [5.74, 6) is 0.631. The number of carbonyl (C=O) groups is 1. The summed E-state index contributed by atoms with van der Waals surface area (Å²) in [6.45, 7) is 0.387. The van der Waals surface area contributed by atoms with E-state index in [9.17, 15) is 4.79 Å². The summed E-state index contributed by atoms with van der Waals surface area (Å²) in [4.78, 5) is 16.7. The van der Waals surface area contributed by atoms with E-state index < -0.39 is 0 Å². The molecule has 6 nitrogen and oxygen atoms in total. The summed E-state index contributed by atoms with van der Waals surface area (Å²) in [5.41, 5.74) is 8.48. The largest absolute Gasteiger partial charge is 0.348 e. The van der Waals surface area contributed by atoms with Gasteiger partial charge in [0.05, 0.1) is 0 Å². The van der Waals surface area contributed by atoms with Gasteiger partial charge in [-0.1, -0.05) is 42.5 Å². The third-order valence-corrected chi connectivity index (χ3v) is 4.06. The molecule has 0 radical (unpaired) electrons. The fraction of sp³-hybridized carbons (Fsp3) is 0.211. The summed E-state index contributed by atoms with van der Waals surface area (Å²) in [7, 11) is 1.83. The average Bonchev–Trinajstić information content (AvgIpc) is 3.08. The maximum atomic E-state index is 12.5. The number of nitrogens with two attached hydrogens (primary N) is 1. The van der Waals surface area contributed by atoms with E-state index in [1.165, 1.54) is 6.33 Å². The van der Waals surface area contributed by atoms with Crippen molar-refractivity contribution in [3.8, 4) is 11.4 Å². The van der Waals surface area contributed by atoms with Crippen LogP contribution in [0.5, 0.6) is 0 Å². The first-order valence-electron chi connectivity index (χ1n) is 8.16. The number of amides is 1. The van der Waals surface area contributed by atoms with Crippen LogP contribution in [0, 0.1) is 0 Å². The Hall–Kier alpha value is -2.99. The van der Waals surface area contributed by atoms with Gasteiger partial charge in [0, 0.05) is 30.8 Å². The standard InChI is InChI=1S/C19H21N5O/c1-24-18(21-13-22-24)15-7-9-16(10-8-15)19(25)23-17(12-20)11-14-5-3-2-4-6-14/h2-10,13,17H,11-12,20H2,1H3,(H,23,25)/t17-/m1/s1. The van der Waals surface area contributed by atoms with Gasteiger partial charge in [0.15, 0.2) is 5.82 Å². The van der Waals surface area contributed by atoms with Crippen LogP contribution in [0.3, 0.4) is 0 Å². The van der Waals surface area contributed by atoms with E-state index in [2.05, 4.69) is 15.4 Å². The molecular weight excluding hydrogens is 314 g/mol. The molecule has 0 aliphatic rings.